The lowest BCUT2D eigenvalue weighted by atomic mass is 10.3. The zero-order valence-electron chi connectivity index (χ0n) is 6.82. The molecule has 0 aliphatic heterocycles. The van der Waals surface area contributed by atoms with Gasteiger partial charge in [0.25, 0.3) is 0 Å². The molecule has 0 aromatic carbocycles. The summed E-state index contributed by atoms with van der Waals surface area (Å²) in [5, 5.41) is 8.93. The Morgan fingerprint density at radius 3 is 1.44 bits per heavy atom. The first-order valence-corrected chi connectivity index (χ1v) is 3.10. The topological polar surface area (TPSA) is 50.7 Å². The van der Waals surface area contributed by atoms with E-state index < -0.39 is 0 Å². The lowest BCUT2D eigenvalue weighted by molar-refractivity contribution is -0.361. The summed E-state index contributed by atoms with van der Waals surface area (Å²) in [5.74, 6) is 0. The highest BCUT2D eigenvalue weighted by Gasteiger charge is 1.81. The summed E-state index contributed by atoms with van der Waals surface area (Å²) in [6, 6.07) is 0. The molecule has 2 heteroatoms. The molecule has 0 unspecified atom stereocenters. The largest absolute Gasteiger partial charge is 0.855 e. The maximum Gasteiger partial charge on any atom is 0.0993 e. The fourth-order valence-electron chi connectivity index (χ4n) is 0. The molecule has 0 atom stereocenters. The lowest BCUT2D eigenvalue weighted by Gasteiger charge is -1.83. The molecular formula is C7H17NO. The van der Waals surface area contributed by atoms with Crippen molar-refractivity contribution in [1.82, 2.24) is 0 Å². The molecular weight excluding hydrogens is 114 g/mol. The standard InChI is InChI=1S/C5H11N.C2H5O/c1-4(2)5(3)6;1-2-3/h6H2,1-3H3;2H2,1H3/q;-1/p+1. The average Bonchev–Trinajstić information content (AvgIpc) is 1.68. The van der Waals surface area contributed by atoms with E-state index in [1.807, 2.05) is 6.92 Å². The van der Waals surface area contributed by atoms with Crippen LogP contribution in [0.1, 0.15) is 27.7 Å². The number of allylic oxidation sites excluding steroid dienone is 2. The number of hydrogen-bond acceptors (Lipinski definition) is 1. The molecule has 0 saturated heterocycles. The monoisotopic (exact) mass is 131 g/mol. The van der Waals surface area contributed by atoms with Crippen LogP contribution in [0.4, 0.5) is 0 Å². The molecule has 0 aliphatic carbocycles. The predicted molar refractivity (Wildman–Crippen MR) is 37.5 cm³/mol. The van der Waals surface area contributed by atoms with Crippen molar-refractivity contribution in [2.24, 2.45) is 0 Å². The number of rotatable bonds is 0. The van der Waals surface area contributed by atoms with Crippen molar-refractivity contribution in [3.63, 3.8) is 0 Å². The summed E-state index contributed by atoms with van der Waals surface area (Å²) in [6.45, 7) is 7.69. The highest BCUT2D eigenvalue weighted by atomic mass is 16.2. The maximum atomic E-state index is 8.93. The van der Waals surface area contributed by atoms with E-state index in [0.29, 0.717) is 0 Å². The molecule has 9 heavy (non-hydrogen) atoms. The van der Waals surface area contributed by atoms with Gasteiger partial charge >= 0.3 is 0 Å². The van der Waals surface area contributed by atoms with Crippen LogP contribution in [-0.2, 0) is 0 Å². The van der Waals surface area contributed by atoms with Crippen LogP contribution in [0.15, 0.2) is 11.3 Å². The van der Waals surface area contributed by atoms with Crippen molar-refractivity contribution in [3.05, 3.63) is 11.3 Å². The molecule has 56 valence electrons. The van der Waals surface area contributed by atoms with Gasteiger partial charge in [-0.05, 0) is 19.4 Å². The fraction of sp³-hybridized carbons (Fsp3) is 0.714. The van der Waals surface area contributed by atoms with Crippen molar-refractivity contribution in [1.29, 1.82) is 0 Å². The summed E-state index contributed by atoms with van der Waals surface area (Å²) < 4.78 is 0. The quantitative estimate of drug-likeness (QED) is 0.490. The third-order valence-corrected chi connectivity index (χ3v) is 0.854. The van der Waals surface area contributed by atoms with Crippen LogP contribution in [0.2, 0.25) is 0 Å². The smallest absolute Gasteiger partial charge is 0.0993 e. The van der Waals surface area contributed by atoms with Crippen molar-refractivity contribution < 1.29 is 10.8 Å². The number of hydrogen-bond donors (Lipinski definition) is 1. The van der Waals surface area contributed by atoms with E-state index in [-0.39, 0.29) is 6.61 Å². The van der Waals surface area contributed by atoms with Gasteiger partial charge in [0.15, 0.2) is 0 Å². The second-order valence-electron chi connectivity index (χ2n) is 2.07. The van der Waals surface area contributed by atoms with Gasteiger partial charge in [-0.25, -0.2) is 0 Å². The SMILES string of the molecule is CC(C)=C(C)[NH3+].CC[O-]. The van der Waals surface area contributed by atoms with Crippen molar-refractivity contribution in [2.45, 2.75) is 27.7 Å². The Bertz CT molecular complexity index is 68.9. The van der Waals surface area contributed by atoms with Crippen LogP contribution in [0.3, 0.4) is 0 Å². The van der Waals surface area contributed by atoms with Crippen molar-refractivity contribution in [3.8, 4) is 0 Å². The van der Waals surface area contributed by atoms with E-state index >= 15 is 0 Å². The van der Waals surface area contributed by atoms with Crippen LogP contribution < -0.4 is 10.8 Å². The molecule has 0 bridgehead atoms. The van der Waals surface area contributed by atoms with Crippen molar-refractivity contribution >= 4 is 0 Å². The minimum Gasteiger partial charge on any atom is -0.855 e. The Kier molecular flexibility index (Phi) is 9.75. The van der Waals surface area contributed by atoms with Gasteiger partial charge in [-0.1, -0.05) is 6.92 Å². The second kappa shape index (κ2) is 7.66. The zero-order valence-corrected chi connectivity index (χ0v) is 6.82. The predicted octanol–water partition coefficient (Wildman–Crippen LogP) is -0.0913. The van der Waals surface area contributed by atoms with E-state index in [2.05, 4.69) is 19.6 Å². The van der Waals surface area contributed by atoms with E-state index in [4.69, 9.17) is 5.11 Å². The van der Waals surface area contributed by atoms with E-state index in [1.54, 1.807) is 6.92 Å². The summed E-state index contributed by atoms with van der Waals surface area (Å²) in [7, 11) is 0. The van der Waals surface area contributed by atoms with Gasteiger partial charge in [0, 0.05) is 6.92 Å². The molecule has 0 spiro atoms. The van der Waals surface area contributed by atoms with Crippen LogP contribution in [0.5, 0.6) is 0 Å². The zero-order chi connectivity index (χ0) is 7.86. The highest BCUT2D eigenvalue weighted by molar-refractivity contribution is 4.95. The molecule has 0 aromatic heterocycles. The highest BCUT2D eigenvalue weighted by Crippen LogP contribution is 1.88. The normalized spacial score (nSPS) is 7.33. The molecule has 0 heterocycles. The molecule has 0 saturated carbocycles. The second-order valence-corrected chi connectivity index (χ2v) is 2.07. The van der Waals surface area contributed by atoms with Crippen LogP contribution in [-0.4, -0.2) is 6.61 Å². The van der Waals surface area contributed by atoms with E-state index in [1.165, 1.54) is 11.3 Å². The molecule has 0 rings (SSSR count). The van der Waals surface area contributed by atoms with Crippen molar-refractivity contribution in [2.75, 3.05) is 6.61 Å². The Labute approximate surface area is 57.4 Å². The summed E-state index contributed by atoms with van der Waals surface area (Å²) in [5.41, 5.74) is 6.21. The molecule has 0 aliphatic rings. The average molecular weight is 131 g/mol. The van der Waals surface area contributed by atoms with Gasteiger partial charge in [-0.3, -0.25) is 0 Å². The lowest BCUT2D eigenvalue weighted by Crippen LogP contribution is -2.46. The maximum absolute atomic E-state index is 8.93. The first kappa shape index (κ1) is 11.5. The Hall–Kier alpha value is -0.340. The first-order valence-electron chi connectivity index (χ1n) is 3.10. The van der Waals surface area contributed by atoms with Gasteiger partial charge < -0.3 is 10.8 Å². The minimum absolute atomic E-state index is 0. The third kappa shape index (κ3) is 18.3. The molecule has 0 fully saturated rings. The van der Waals surface area contributed by atoms with Crippen LogP contribution in [0, 0.1) is 0 Å². The first-order chi connectivity index (χ1) is 4.06. The Morgan fingerprint density at radius 2 is 1.44 bits per heavy atom. The summed E-state index contributed by atoms with van der Waals surface area (Å²) in [4.78, 5) is 0. The van der Waals surface area contributed by atoms with Crippen LogP contribution >= 0.6 is 0 Å². The Morgan fingerprint density at radius 1 is 1.33 bits per heavy atom. The summed E-state index contributed by atoms with van der Waals surface area (Å²) >= 11 is 0. The van der Waals surface area contributed by atoms with Gasteiger partial charge in [-0.2, -0.15) is 0 Å². The van der Waals surface area contributed by atoms with Gasteiger partial charge in [0.2, 0.25) is 0 Å². The van der Waals surface area contributed by atoms with E-state index in [0.717, 1.165) is 0 Å². The molecule has 0 aromatic rings. The van der Waals surface area contributed by atoms with Gasteiger partial charge in [0.05, 0.1) is 5.70 Å². The van der Waals surface area contributed by atoms with E-state index in [9.17, 15) is 0 Å². The third-order valence-electron chi connectivity index (χ3n) is 0.854. The minimum atomic E-state index is 0. The Balaban J connectivity index is 0. The summed E-state index contributed by atoms with van der Waals surface area (Å²) in [6.07, 6.45) is 0. The molecule has 0 amide bonds. The number of quaternary nitrogens is 1. The van der Waals surface area contributed by atoms with Gasteiger partial charge in [-0.15, -0.1) is 6.61 Å². The van der Waals surface area contributed by atoms with Gasteiger partial charge in [0.1, 0.15) is 0 Å². The fourth-order valence-corrected chi connectivity index (χ4v) is 0. The van der Waals surface area contributed by atoms with Crippen LogP contribution in [0.25, 0.3) is 0 Å². The molecule has 0 radical (unpaired) electrons. The molecule has 2 nitrogen and oxygen atoms in total. The molecule has 3 N–H and O–H groups in total.